The Morgan fingerprint density at radius 1 is 1.41 bits per heavy atom. The molecule has 0 heterocycles. The van der Waals surface area contributed by atoms with Crippen LogP contribution < -0.4 is 14.8 Å². The first-order valence-electron chi connectivity index (χ1n) is 5.82. The van der Waals surface area contributed by atoms with Gasteiger partial charge in [-0.15, -0.1) is 0 Å². The molecule has 1 rings (SSSR count). The molecule has 0 atom stereocenters. The molecule has 3 nitrogen and oxygen atoms in total. The van der Waals surface area contributed by atoms with Crippen LogP contribution in [0.3, 0.4) is 0 Å². The highest BCUT2D eigenvalue weighted by Gasteiger charge is 2.09. The molecule has 0 spiro atoms. The Morgan fingerprint density at radius 2 is 2.18 bits per heavy atom. The summed E-state index contributed by atoms with van der Waals surface area (Å²) in [6, 6.07) is 5.92. The van der Waals surface area contributed by atoms with Crippen molar-refractivity contribution in [2.75, 3.05) is 20.3 Å². The first kappa shape index (κ1) is 13.6. The Bertz CT molecular complexity index is 374. The lowest BCUT2D eigenvalue weighted by atomic mass is 10.2. The van der Waals surface area contributed by atoms with Gasteiger partial charge >= 0.3 is 0 Å². The van der Waals surface area contributed by atoms with Gasteiger partial charge in [-0.3, -0.25) is 0 Å². The van der Waals surface area contributed by atoms with E-state index in [1.807, 2.05) is 25.1 Å². The summed E-state index contributed by atoms with van der Waals surface area (Å²) in [4.78, 5) is 0. The lowest BCUT2D eigenvalue weighted by Crippen LogP contribution is -2.13. The molecule has 0 aliphatic heterocycles. The maximum absolute atomic E-state index is 5.75. The molecule has 0 saturated heterocycles. The maximum Gasteiger partial charge on any atom is 0.166 e. The zero-order valence-electron chi connectivity index (χ0n) is 10.9. The van der Waals surface area contributed by atoms with E-state index in [2.05, 4.69) is 18.8 Å². The van der Waals surface area contributed by atoms with Crippen LogP contribution in [0.4, 0.5) is 0 Å². The van der Waals surface area contributed by atoms with Crippen LogP contribution in [-0.2, 0) is 6.54 Å². The van der Waals surface area contributed by atoms with E-state index >= 15 is 0 Å². The molecule has 17 heavy (non-hydrogen) atoms. The van der Waals surface area contributed by atoms with E-state index in [-0.39, 0.29) is 0 Å². The Balaban J connectivity index is 2.89. The summed E-state index contributed by atoms with van der Waals surface area (Å²) in [5.41, 5.74) is 2.10. The van der Waals surface area contributed by atoms with Gasteiger partial charge in [0.05, 0.1) is 7.11 Å². The lowest BCUT2D eigenvalue weighted by molar-refractivity contribution is 0.315. The van der Waals surface area contributed by atoms with Crippen LogP contribution in [0, 0.1) is 0 Å². The van der Waals surface area contributed by atoms with Crippen LogP contribution in [0.2, 0.25) is 0 Å². The van der Waals surface area contributed by atoms with Crippen LogP contribution in [0.25, 0.3) is 0 Å². The molecule has 0 amide bonds. The molecule has 0 saturated carbocycles. The number of rotatable bonds is 7. The molecule has 0 fully saturated rings. The molecule has 94 valence electrons. The minimum absolute atomic E-state index is 0.513. The Hall–Kier alpha value is -1.48. The first-order chi connectivity index (χ1) is 8.19. The highest BCUT2D eigenvalue weighted by Crippen LogP contribution is 2.31. The summed E-state index contributed by atoms with van der Waals surface area (Å²) in [6.45, 7) is 10.1. The molecule has 3 heteroatoms. The number of para-hydroxylation sites is 1. The molecule has 1 N–H and O–H groups in total. The van der Waals surface area contributed by atoms with Crippen molar-refractivity contribution in [3.8, 4) is 11.5 Å². The zero-order chi connectivity index (χ0) is 12.7. The Morgan fingerprint density at radius 3 is 2.76 bits per heavy atom. The summed E-state index contributed by atoms with van der Waals surface area (Å²) in [5.74, 6) is 1.57. The normalized spacial score (nSPS) is 10.1. The number of ether oxygens (including phenoxy) is 2. The third-order valence-electron chi connectivity index (χ3n) is 2.31. The van der Waals surface area contributed by atoms with Gasteiger partial charge in [0.1, 0.15) is 6.61 Å². The van der Waals surface area contributed by atoms with Crippen LogP contribution in [0.1, 0.15) is 19.4 Å². The smallest absolute Gasteiger partial charge is 0.166 e. The fourth-order valence-electron chi connectivity index (χ4n) is 1.48. The van der Waals surface area contributed by atoms with Gasteiger partial charge in [-0.05, 0) is 25.1 Å². The monoisotopic (exact) mass is 235 g/mol. The van der Waals surface area contributed by atoms with E-state index in [9.17, 15) is 0 Å². The van der Waals surface area contributed by atoms with Gasteiger partial charge < -0.3 is 14.8 Å². The second-order valence-corrected chi connectivity index (χ2v) is 3.97. The highest BCUT2D eigenvalue weighted by molar-refractivity contribution is 5.46. The van der Waals surface area contributed by atoms with Gasteiger partial charge in [0.25, 0.3) is 0 Å². The van der Waals surface area contributed by atoms with Crippen molar-refractivity contribution in [2.45, 2.75) is 20.4 Å². The predicted molar refractivity (Wildman–Crippen MR) is 70.7 cm³/mol. The summed E-state index contributed by atoms with van der Waals surface area (Å²) in [7, 11) is 1.65. The quantitative estimate of drug-likeness (QED) is 0.737. The van der Waals surface area contributed by atoms with E-state index in [0.717, 1.165) is 35.7 Å². The van der Waals surface area contributed by atoms with Gasteiger partial charge in [-0.25, -0.2) is 0 Å². The molecule has 0 aliphatic carbocycles. The van der Waals surface area contributed by atoms with Gasteiger partial charge in [0, 0.05) is 12.1 Å². The molecule has 0 aromatic heterocycles. The summed E-state index contributed by atoms with van der Waals surface area (Å²) < 4.78 is 11.1. The second kappa shape index (κ2) is 6.97. The topological polar surface area (TPSA) is 30.5 Å². The van der Waals surface area contributed by atoms with Crippen molar-refractivity contribution in [3.05, 3.63) is 35.9 Å². The maximum atomic E-state index is 5.75. The van der Waals surface area contributed by atoms with E-state index in [0.29, 0.717) is 6.61 Å². The first-order valence-corrected chi connectivity index (χ1v) is 5.82. The molecule has 0 aliphatic rings. The molecular weight excluding hydrogens is 214 g/mol. The number of hydrogen-bond donors (Lipinski definition) is 1. The molecule has 0 bridgehead atoms. The van der Waals surface area contributed by atoms with Crippen molar-refractivity contribution in [2.24, 2.45) is 0 Å². The third-order valence-corrected chi connectivity index (χ3v) is 2.31. The molecule has 1 aromatic rings. The molecule has 0 unspecified atom stereocenters. The molecule has 1 aromatic carbocycles. The number of methoxy groups -OCH3 is 1. The molecular formula is C14H21NO2. The summed E-state index contributed by atoms with van der Waals surface area (Å²) >= 11 is 0. The van der Waals surface area contributed by atoms with E-state index in [1.165, 1.54) is 0 Å². The largest absolute Gasteiger partial charge is 0.493 e. The Labute approximate surface area is 103 Å². The SMILES string of the molecule is C=C(C)COc1c(CNCC)cccc1OC. The van der Waals surface area contributed by atoms with Crippen LogP contribution in [0.5, 0.6) is 11.5 Å². The van der Waals surface area contributed by atoms with Crippen molar-refractivity contribution in [1.29, 1.82) is 0 Å². The Kier molecular flexibility index (Phi) is 5.57. The standard InChI is InChI=1S/C14H21NO2/c1-5-15-9-12-7-6-8-13(16-4)14(12)17-10-11(2)3/h6-8,15H,2,5,9-10H2,1,3-4H3. The van der Waals surface area contributed by atoms with Gasteiger partial charge in [-0.2, -0.15) is 0 Å². The minimum atomic E-state index is 0.513. The third kappa shape index (κ3) is 4.11. The van der Waals surface area contributed by atoms with Crippen molar-refractivity contribution < 1.29 is 9.47 Å². The van der Waals surface area contributed by atoms with E-state index in [4.69, 9.17) is 9.47 Å². The fourth-order valence-corrected chi connectivity index (χ4v) is 1.48. The van der Waals surface area contributed by atoms with Crippen LogP contribution in [-0.4, -0.2) is 20.3 Å². The van der Waals surface area contributed by atoms with E-state index in [1.54, 1.807) is 7.11 Å². The highest BCUT2D eigenvalue weighted by atomic mass is 16.5. The number of benzene rings is 1. The van der Waals surface area contributed by atoms with Crippen LogP contribution in [0.15, 0.2) is 30.4 Å². The van der Waals surface area contributed by atoms with Gasteiger partial charge in [0.2, 0.25) is 0 Å². The fraction of sp³-hybridized carbons (Fsp3) is 0.429. The average Bonchev–Trinajstić information content (AvgIpc) is 2.33. The predicted octanol–water partition coefficient (Wildman–Crippen LogP) is 2.76. The summed E-state index contributed by atoms with van der Waals surface area (Å²) in [6.07, 6.45) is 0. The van der Waals surface area contributed by atoms with Gasteiger partial charge in [0.15, 0.2) is 11.5 Å². The number of hydrogen-bond acceptors (Lipinski definition) is 3. The van der Waals surface area contributed by atoms with Crippen molar-refractivity contribution in [1.82, 2.24) is 5.32 Å². The van der Waals surface area contributed by atoms with Crippen molar-refractivity contribution >= 4 is 0 Å². The number of nitrogens with one attached hydrogen (secondary N) is 1. The second-order valence-electron chi connectivity index (χ2n) is 3.97. The van der Waals surface area contributed by atoms with Gasteiger partial charge in [-0.1, -0.05) is 25.6 Å². The average molecular weight is 235 g/mol. The van der Waals surface area contributed by atoms with Crippen molar-refractivity contribution in [3.63, 3.8) is 0 Å². The van der Waals surface area contributed by atoms with Crippen LogP contribution >= 0.6 is 0 Å². The van der Waals surface area contributed by atoms with E-state index < -0.39 is 0 Å². The summed E-state index contributed by atoms with van der Waals surface area (Å²) in [5, 5.41) is 3.29. The lowest BCUT2D eigenvalue weighted by Gasteiger charge is -2.15. The minimum Gasteiger partial charge on any atom is -0.493 e. The molecule has 0 radical (unpaired) electrons. The zero-order valence-corrected chi connectivity index (χ0v) is 10.9.